The first-order valence-electron chi connectivity index (χ1n) is 8.47. The number of rotatable bonds is 7. The number of alkyl halides is 3. The van der Waals surface area contributed by atoms with Crippen LogP contribution in [0.4, 0.5) is 13.2 Å². The monoisotopic (exact) mass is 528 g/mol. The van der Waals surface area contributed by atoms with Crippen molar-refractivity contribution in [2.24, 2.45) is 4.99 Å². The van der Waals surface area contributed by atoms with E-state index in [0.29, 0.717) is 19.0 Å². The fourth-order valence-electron chi connectivity index (χ4n) is 2.26. The maximum absolute atomic E-state index is 12.7. The van der Waals surface area contributed by atoms with Crippen LogP contribution in [0.15, 0.2) is 29.3 Å². The Hall–Kier alpha value is -1.56. The molecule has 1 aromatic heterocycles. The van der Waals surface area contributed by atoms with Crippen molar-refractivity contribution in [3.8, 4) is 5.75 Å². The largest absolute Gasteiger partial charge is 0.492 e. The summed E-state index contributed by atoms with van der Waals surface area (Å²) in [6.07, 6.45) is -3.58. The first kappa shape index (κ1) is 24.5. The minimum atomic E-state index is -4.38. The van der Waals surface area contributed by atoms with Gasteiger partial charge in [-0.05, 0) is 32.0 Å². The molecular formula is C18H24F3IN4OS. The molecule has 1 heterocycles. The summed E-state index contributed by atoms with van der Waals surface area (Å²) in [4.78, 5) is 9.81. The zero-order valence-corrected chi connectivity index (χ0v) is 19.0. The molecule has 0 saturated heterocycles. The Morgan fingerprint density at radius 2 is 1.93 bits per heavy atom. The summed E-state index contributed by atoms with van der Waals surface area (Å²) in [7, 11) is 1.65. The molecular weight excluding hydrogens is 504 g/mol. The molecule has 5 nitrogen and oxygen atoms in total. The molecule has 0 spiro atoms. The molecule has 2 rings (SSSR count). The first-order chi connectivity index (χ1) is 12.8. The third kappa shape index (κ3) is 7.82. The number of guanidine groups is 1. The van der Waals surface area contributed by atoms with Gasteiger partial charge in [0.25, 0.3) is 0 Å². The molecule has 0 fully saturated rings. The molecule has 28 heavy (non-hydrogen) atoms. The lowest BCUT2D eigenvalue weighted by atomic mass is 10.2. The van der Waals surface area contributed by atoms with E-state index in [1.165, 1.54) is 17.0 Å². The molecule has 0 saturated carbocycles. The fourth-order valence-corrected chi connectivity index (χ4v) is 3.19. The van der Waals surface area contributed by atoms with Crippen molar-refractivity contribution >= 4 is 41.3 Å². The SMILES string of the molecule is CN=C(NCCOc1cccc(C(F)(F)F)c1)NCCc1nc(C)c(C)s1.I. The molecule has 2 N–H and O–H groups in total. The van der Waals surface area contributed by atoms with E-state index in [1.54, 1.807) is 18.4 Å². The standard InChI is InChI=1S/C18H23F3N4OS.HI/c1-12-13(2)27-16(25-12)7-8-23-17(22-3)24-9-10-26-15-6-4-5-14(11-15)18(19,20)21;/h4-6,11H,7-10H2,1-3H3,(H2,22,23,24);1H. The second kappa shape index (κ2) is 11.4. The number of aromatic nitrogens is 1. The highest BCUT2D eigenvalue weighted by Crippen LogP contribution is 2.31. The highest BCUT2D eigenvalue weighted by molar-refractivity contribution is 14.0. The second-order valence-electron chi connectivity index (χ2n) is 5.80. The van der Waals surface area contributed by atoms with Gasteiger partial charge in [0.05, 0.1) is 22.8 Å². The Labute approximate surface area is 183 Å². The number of aliphatic imine (C=N–C) groups is 1. The lowest BCUT2D eigenvalue weighted by Crippen LogP contribution is -2.40. The maximum Gasteiger partial charge on any atom is 0.416 e. The molecule has 0 radical (unpaired) electrons. The van der Waals surface area contributed by atoms with Crippen molar-refractivity contribution in [1.29, 1.82) is 0 Å². The van der Waals surface area contributed by atoms with Gasteiger partial charge < -0.3 is 15.4 Å². The van der Waals surface area contributed by atoms with E-state index in [2.05, 4.69) is 27.5 Å². The predicted molar refractivity (Wildman–Crippen MR) is 117 cm³/mol. The third-order valence-electron chi connectivity index (χ3n) is 3.75. The smallest absolute Gasteiger partial charge is 0.416 e. The van der Waals surface area contributed by atoms with Gasteiger partial charge in [-0.3, -0.25) is 4.99 Å². The molecule has 2 aromatic rings. The molecule has 156 valence electrons. The van der Waals surface area contributed by atoms with Crippen LogP contribution < -0.4 is 15.4 Å². The molecule has 0 aliphatic rings. The van der Waals surface area contributed by atoms with Gasteiger partial charge in [-0.15, -0.1) is 35.3 Å². The van der Waals surface area contributed by atoms with E-state index in [0.717, 1.165) is 29.3 Å². The Bertz CT molecular complexity index is 761. The Morgan fingerprint density at radius 1 is 1.21 bits per heavy atom. The van der Waals surface area contributed by atoms with Crippen molar-refractivity contribution in [3.63, 3.8) is 0 Å². The zero-order chi connectivity index (χ0) is 19.9. The van der Waals surface area contributed by atoms with Gasteiger partial charge >= 0.3 is 6.18 Å². The summed E-state index contributed by atoms with van der Waals surface area (Å²) < 4.78 is 43.4. The Morgan fingerprint density at radius 3 is 2.54 bits per heavy atom. The van der Waals surface area contributed by atoms with Crippen molar-refractivity contribution in [2.45, 2.75) is 26.4 Å². The average Bonchev–Trinajstić information content (AvgIpc) is 2.94. The normalized spacial score (nSPS) is 11.7. The van der Waals surface area contributed by atoms with Gasteiger partial charge in [0.1, 0.15) is 12.4 Å². The van der Waals surface area contributed by atoms with E-state index in [4.69, 9.17) is 4.74 Å². The van der Waals surface area contributed by atoms with Crippen LogP contribution in [0, 0.1) is 13.8 Å². The molecule has 0 bridgehead atoms. The predicted octanol–water partition coefficient (Wildman–Crippen LogP) is 4.18. The van der Waals surface area contributed by atoms with Crippen LogP contribution in [-0.4, -0.2) is 37.7 Å². The van der Waals surface area contributed by atoms with Crippen LogP contribution in [0.25, 0.3) is 0 Å². The van der Waals surface area contributed by atoms with Crippen LogP contribution in [0.2, 0.25) is 0 Å². The molecule has 0 amide bonds. The number of hydrogen-bond donors (Lipinski definition) is 2. The Balaban J connectivity index is 0.00000392. The Kier molecular flexibility index (Phi) is 10.0. The average molecular weight is 528 g/mol. The van der Waals surface area contributed by atoms with Gasteiger partial charge in [-0.25, -0.2) is 4.98 Å². The molecule has 10 heteroatoms. The van der Waals surface area contributed by atoms with Crippen LogP contribution in [0.3, 0.4) is 0 Å². The third-order valence-corrected chi connectivity index (χ3v) is 4.88. The minimum absolute atomic E-state index is 0. The lowest BCUT2D eigenvalue weighted by Gasteiger charge is -2.13. The number of aryl methyl sites for hydroxylation is 2. The molecule has 0 atom stereocenters. The van der Waals surface area contributed by atoms with Crippen molar-refractivity contribution in [2.75, 3.05) is 26.7 Å². The number of thiazole rings is 1. The number of halogens is 4. The second-order valence-corrected chi connectivity index (χ2v) is 7.09. The van der Waals surface area contributed by atoms with Crippen molar-refractivity contribution in [1.82, 2.24) is 15.6 Å². The number of ether oxygens (including phenoxy) is 1. The summed E-state index contributed by atoms with van der Waals surface area (Å²) in [6.45, 7) is 5.35. The first-order valence-corrected chi connectivity index (χ1v) is 9.28. The fraction of sp³-hybridized carbons (Fsp3) is 0.444. The van der Waals surface area contributed by atoms with E-state index in [-0.39, 0.29) is 36.3 Å². The summed E-state index contributed by atoms with van der Waals surface area (Å²) in [5.41, 5.74) is 0.336. The topological polar surface area (TPSA) is 58.5 Å². The number of nitrogens with one attached hydrogen (secondary N) is 2. The molecule has 1 aromatic carbocycles. The van der Waals surface area contributed by atoms with Crippen LogP contribution in [-0.2, 0) is 12.6 Å². The maximum atomic E-state index is 12.7. The molecule has 0 aliphatic carbocycles. The lowest BCUT2D eigenvalue weighted by molar-refractivity contribution is -0.137. The summed E-state index contributed by atoms with van der Waals surface area (Å²) >= 11 is 1.68. The van der Waals surface area contributed by atoms with E-state index < -0.39 is 11.7 Å². The van der Waals surface area contributed by atoms with Crippen molar-refractivity contribution < 1.29 is 17.9 Å². The zero-order valence-electron chi connectivity index (χ0n) is 15.9. The minimum Gasteiger partial charge on any atom is -0.492 e. The summed E-state index contributed by atoms with van der Waals surface area (Å²) in [5, 5.41) is 7.31. The van der Waals surface area contributed by atoms with Gasteiger partial charge in [-0.1, -0.05) is 6.07 Å². The van der Waals surface area contributed by atoms with Gasteiger partial charge in [-0.2, -0.15) is 13.2 Å². The van der Waals surface area contributed by atoms with Crippen LogP contribution in [0.1, 0.15) is 21.1 Å². The number of benzene rings is 1. The quantitative estimate of drug-likeness (QED) is 0.245. The van der Waals surface area contributed by atoms with E-state index in [1.807, 2.05) is 6.92 Å². The highest BCUT2D eigenvalue weighted by Gasteiger charge is 2.30. The molecule has 0 aliphatic heterocycles. The van der Waals surface area contributed by atoms with Crippen LogP contribution >= 0.6 is 35.3 Å². The summed E-state index contributed by atoms with van der Waals surface area (Å²) in [6, 6.07) is 4.84. The van der Waals surface area contributed by atoms with Crippen molar-refractivity contribution in [3.05, 3.63) is 45.4 Å². The highest BCUT2D eigenvalue weighted by atomic mass is 127. The molecule has 0 unspecified atom stereocenters. The van der Waals surface area contributed by atoms with Crippen LogP contribution in [0.5, 0.6) is 5.75 Å². The summed E-state index contributed by atoms with van der Waals surface area (Å²) in [5.74, 6) is 0.789. The van der Waals surface area contributed by atoms with E-state index in [9.17, 15) is 13.2 Å². The van der Waals surface area contributed by atoms with Gasteiger partial charge in [0.2, 0.25) is 0 Å². The van der Waals surface area contributed by atoms with Gasteiger partial charge in [0.15, 0.2) is 5.96 Å². The number of nitrogens with zero attached hydrogens (tertiary/aromatic N) is 2. The van der Waals surface area contributed by atoms with Gasteiger partial charge in [0, 0.05) is 24.9 Å². The van der Waals surface area contributed by atoms with E-state index >= 15 is 0 Å². The number of hydrogen-bond acceptors (Lipinski definition) is 4.